The summed E-state index contributed by atoms with van der Waals surface area (Å²) in [6.07, 6.45) is 3.38. The second-order valence-corrected chi connectivity index (χ2v) is 13.7. The van der Waals surface area contributed by atoms with Gasteiger partial charge in [0.15, 0.2) is 5.65 Å². The molecule has 2 aromatic heterocycles. The third-order valence-corrected chi connectivity index (χ3v) is 10.5. The minimum atomic E-state index is -4.01. The Hall–Kier alpha value is -5.00. The van der Waals surface area contributed by atoms with Crippen molar-refractivity contribution in [2.24, 2.45) is 0 Å². The van der Waals surface area contributed by atoms with Gasteiger partial charge in [0.05, 0.1) is 23.7 Å². The number of likely N-dealkylation sites (N-methyl/N-ethyl adjacent to an activating group) is 1. The topological polar surface area (TPSA) is 122 Å². The number of hydrogen-bond donors (Lipinski definition) is 1. The van der Waals surface area contributed by atoms with Gasteiger partial charge in [-0.25, -0.2) is 17.4 Å². The Morgan fingerprint density at radius 2 is 1.70 bits per heavy atom. The summed E-state index contributed by atoms with van der Waals surface area (Å²) in [6, 6.07) is 19.3. The number of likely N-dealkylation sites (tertiary alicyclic amines) is 1. The Labute approximate surface area is 266 Å². The van der Waals surface area contributed by atoms with Crippen molar-refractivity contribution in [2.75, 3.05) is 33.8 Å². The highest BCUT2D eigenvalue weighted by Gasteiger charge is 2.30. The number of β-amino-alcohol motifs (C(OH)–C–C–N with tert-alkyl or cyclic N) is 1. The summed E-state index contributed by atoms with van der Waals surface area (Å²) < 4.78 is 34.7. The number of rotatable bonds is 6. The summed E-state index contributed by atoms with van der Waals surface area (Å²) in [4.78, 5) is 33.8. The molecule has 10 nitrogen and oxygen atoms in total. The zero-order valence-corrected chi connectivity index (χ0v) is 26.4. The van der Waals surface area contributed by atoms with Crippen LogP contribution >= 0.6 is 0 Å². The molecule has 1 N–H and O–H groups in total. The van der Waals surface area contributed by atoms with Crippen molar-refractivity contribution < 1.29 is 27.9 Å². The van der Waals surface area contributed by atoms with Crippen LogP contribution in [-0.2, 0) is 16.4 Å². The number of carbonyl (C=O) groups is 2. The number of hydrogen-bond acceptors (Lipinski definition) is 7. The average Bonchev–Trinajstić information content (AvgIpc) is 3.44. The maximum atomic E-state index is 13.9. The fourth-order valence-corrected chi connectivity index (χ4v) is 7.42. The quantitative estimate of drug-likeness (QED) is 0.294. The molecule has 0 bridgehead atoms. The highest BCUT2D eigenvalue weighted by molar-refractivity contribution is 7.90. The summed E-state index contributed by atoms with van der Waals surface area (Å²) in [6.45, 7) is 3.09. The van der Waals surface area contributed by atoms with Crippen molar-refractivity contribution in [3.8, 4) is 28.0 Å². The first-order valence-corrected chi connectivity index (χ1v) is 16.4. The van der Waals surface area contributed by atoms with Gasteiger partial charge in [-0.3, -0.25) is 9.59 Å². The smallest absolute Gasteiger partial charge is 0.269 e. The van der Waals surface area contributed by atoms with Gasteiger partial charge in [-0.15, -0.1) is 0 Å². The van der Waals surface area contributed by atoms with E-state index in [1.165, 1.54) is 11.1 Å². The normalized spacial score (nSPS) is 15.2. The van der Waals surface area contributed by atoms with Gasteiger partial charge in [0, 0.05) is 61.2 Å². The minimum absolute atomic E-state index is 0.0916. The second-order valence-electron chi connectivity index (χ2n) is 11.9. The number of pyridine rings is 1. The summed E-state index contributed by atoms with van der Waals surface area (Å²) in [5.74, 6) is 0.209. The lowest BCUT2D eigenvalue weighted by Crippen LogP contribution is -2.53. The van der Waals surface area contributed by atoms with Gasteiger partial charge in [0.1, 0.15) is 5.75 Å². The van der Waals surface area contributed by atoms with Crippen LogP contribution in [0.2, 0.25) is 0 Å². The Bertz CT molecular complexity index is 2120. The molecule has 0 radical (unpaired) electrons. The Morgan fingerprint density at radius 3 is 2.37 bits per heavy atom. The van der Waals surface area contributed by atoms with Gasteiger partial charge in [-0.1, -0.05) is 29.8 Å². The number of amides is 2. The summed E-state index contributed by atoms with van der Waals surface area (Å²) in [7, 11) is -0.701. The molecule has 1 saturated heterocycles. The molecule has 0 unspecified atom stereocenters. The van der Waals surface area contributed by atoms with Crippen LogP contribution in [0.25, 0.3) is 33.3 Å². The largest absolute Gasteiger partial charge is 0.496 e. The van der Waals surface area contributed by atoms with Crippen LogP contribution in [0.5, 0.6) is 5.75 Å². The molecule has 234 valence electrons. The van der Waals surface area contributed by atoms with Gasteiger partial charge in [0.25, 0.3) is 21.8 Å². The van der Waals surface area contributed by atoms with Crippen LogP contribution in [0.1, 0.15) is 31.8 Å². The Morgan fingerprint density at radius 1 is 0.978 bits per heavy atom. The number of aliphatic hydroxyl groups excluding tert-OH is 1. The van der Waals surface area contributed by atoms with Crippen molar-refractivity contribution >= 4 is 32.9 Å². The number of fused-ring (bicyclic) bond motifs is 2. The third kappa shape index (κ3) is 4.92. The van der Waals surface area contributed by atoms with Crippen molar-refractivity contribution in [1.29, 1.82) is 0 Å². The van der Waals surface area contributed by atoms with E-state index >= 15 is 0 Å². The van der Waals surface area contributed by atoms with Gasteiger partial charge >= 0.3 is 0 Å². The number of aromatic nitrogens is 2. The van der Waals surface area contributed by atoms with Gasteiger partial charge < -0.3 is 19.6 Å². The molecule has 0 aliphatic carbocycles. The molecule has 7 rings (SSSR count). The number of nitrogens with zero attached hydrogens (tertiary/aromatic N) is 4. The predicted octanol–water partition coefficient (Wildman–Crippen LogP) is 4.37. The van der Waals surface area contributed by atoms with Crippen LogP contribution in [0, 0.1) is 6.92 Å². The summed E-state index contributed by atoms with van der Waals surface area (Å²) in [5, 5.41) is 10.2. The first kappa shape index (κ1) is 29.7. The lowest BCUT2D eigenvalue weighted by molar-refractivity contribution is 0.00589. The molecule has 0 atom stereocenters. The van der Waals surface area contributed by atoms with E-state index in [1.807, 2.05) is 25.1 Å². The summed E-state index contributed by atoms with van der Waals surface area (Å²) >= 11 is 0. The van der Waals surface area contributed by atoms with Gasteiger partial charge in [0.2, 0.25) is 0 Å². The Kier molecular flexibility index (Phi) is 7.17. The first-order valence-electron chi connectivity index (χ1n) is 14.9. The molecule has 0 saturated carbocycles. The molecular weight excluding hydrogens is 604 g/mol. The fourth-order valence-electron chi connectivity index (χ4n) is 6.09. The summed E-state index contributed by atoms with van der Waals surface area (Å²) in [5.41, 5.74) is 5.96. The van der Waals surface area contributed by atoms with E-state index in [0.29, 0.717) is 59.4 Å². The van der Waals surface area contributed by atoms with E-state index in [2.05, 4.69) is 4.98 Å². The highest BCUT2D eigenvalue weighted by Crippen LogP contribution is 2.38. The average molecular weight is 637 g/mol. The number of carbonyl (C=O) groups excluding carboxylic acids is 2. The van der Waals surface area contributed by atoms with Crippen LogP contribution in [0.15, 0.2) is 84.0 Å². The highest BCUT2D eigenvalue weighted by atomic mass is 32.2. The van der Waals surface area contributed by atoms with E-state index in [4.69, 9.17) is 4.74 Å². The van der Waals surface area contributed by atoms with E-state index < -0.39 is 16.1 Å². The van der Waals surface area contributed by atoms with E-state index in [0.717, 1.165) is 22.3 Å². The lowest BCUT2D eigenvalue weighted by atomic mass is 9.93. The molecule has 11 heteroatoms. The molecule has 1 fully saturated rings. The Balaban J connectivity index is 1.37. The molecule has 3 aromatic carbocycles. The van der Waals surface area contributed by atoms with E-state index in [-0.39, 0.29) is 22.4 Å². The van der Waals surface area contributed by atoms with Crippen molar-refractivity contribution in [3.05, 3.63) is 101 Å². The standard InChI is InChI=1S/C35H32N4O6S/c1-21-4-10-28(11-5-21)46(43,44)39-20-30(22-6-8-23(9-7-22)34(41)38-18-27(40)19-38)29-15-26(17-36-33(29)39)25-14-24-12-13-37(2)35(42)32(24)31(16-25)45-3/h4-11,14-17,20,27,40H,12-13,18-19H2,1-3H3. The molecule has 46 heavy (non-hydrogen) atoms. The van der Waals surface area contributed by atoms with Crippen molar-refractivity contribution in [3.63, 3.8) is 0 Å². The second kappa shape index (κ2) is 11.1. The molecular formula is C35H32N4O6S. The number of methoxy groups -OCH3 is 1. The van der Waals surface area contributed by atoms with E-state index in [1.54, 1.807) is 77.8 Å². The SMILES string of the molecule is COc1cc(-c2cnc3c(c2)c(-c2ccc(C(=O)N4CC(O)C4)cc2)cn3S(=O)(=O)c2ccc(C)cc2)cc2c1C(=O)N(C)CC2. The maximum Gasteiger partial charge on any atom is 0.269 e. The molecule has 2 aliphatic rings. The molecule has 4 heterocycles. The fraction of sp³-hybridized carbons (Fsp3) is 0.229. The van der Waals surface area contributed by atoms with Crippen molar-refractivity contribution in [1.82, 2.24) is 18.8 Å². The van der Waals surface area contributed by atoms with Crippen LogP contribution in [-0.4, -0.2) is 84.0 Å². The zero-order valence-electron chi connectivity index (χ0n) is 25.6. The van der Waals surface area contributed by atoms with Crippen LogP contribution in [0.3, 0.4) is 0 Å². The van der Waals surface area contributed by atoms with Crippen molar-refractivity contribution in [2.45, 2.75) is 24.3 Å². The molecule has 5 aromatic rings. The van der Waals surface area contributed by atoms with Gasteiger partial charge in [-0.05, 0) is 72.5 Å². The van der Waals surface area contributed by atoms with Crippen LogP contribution in [0.4, 0.5) is 0 Å². The number of benzene rings is 3. The third-order valence-electron chi connectivity index (χ3n) is 8.80. The lowest BCUT2D eigenvalue weighted by Gasteiger charge is -2.35. The molecule has 2 aliphatic heterocycles. The number of aryl methyl sites for hydroxylation is 1. The van der Waals surface area contributed by atoms with E-state index in [9.17, 15) is 23.1 Å². The molecule has 0 spiro atoms. The molecule has 2 amide bonds. The predicted molar refractivity (Wildman–Crippen MR) is 173 cm³/mol. The van der Waals surface area contributed by atoms with Crippen LogP contribution < -0.4 is 4.74 Å². The minimum Gasteiger partial charge on any atom is -0.496 e. The van der Waals surface area contributed by atoms with Gasteiger partial charge in [-0.2, -0.15) is 0 Å². The first-order chi connectivity index (χ1) is 22.0. The monoisotopic (exact) mass is 636 g/mol. The number of ether oxygens (including phenoxy) is 1. The number of aliphatic hydroxyl groups is 1. The maximum absolute atomic E-state index is 13.9. The zero-order chi connectivity index (χ0) is 32.3.